The summed E-state index contributed by atoms with van der Waals surface area (Å²) in [5.74, 6) is 0.325. The second-order valence-electron chi connectivity index (χ2n) is 4.08. The third-order valence-corrected chi connectivity index (χ3v) is 3.10. The summed E-state index contributed by atoms with van der Waals surface area (Å²) in [6.07, 6.45) is 0.586. The number of carbonyl (C=O) groups excluding carboxylic acids is 1. The van der Waals surface area contributed by atoms with E-state index in [-0.39, 0.29) is 5.12 Å². The second kappa shape index (κ2) is 6.99. The SMILES string of the molecule is CC(C)C[C@H](N=[N+]=[N-])C(=O)Sc1ccccc1. The predicted molar refractivity (Wildman–Crippen MR) is 69.7 cm³/mol. The van der Waals surface area contributed by atoms with Gasteiger partial charge in [0.05, 0.1) is 0 Å². The van der Waals surface area contributed by atoms with E-state index in [4.69, 9.17) is 5.53 Å². The topological polar surface area (TPSA) is 65.8 Å². The highest BCUT2D eigenvalue weighted by Crippen LogP contribution is 2.23. The van der Waals surface area contributed by atoms with Gasteiger partial charge in [-0.05, 0) is 30.0 Å². The number of hydrogen-bond acceptors (Lipinski definition) is 3. The lowest BCUT2D eigenvalue weighted by atomic mass is 10.1. The zero-order valence-electron chi connectivity index (χ0n) is 9.91. The van der Waals surface area contributed by atoms with Gasteiger partial charge in [0.1, 0.15) is 6.04 Å². The molecule has 0 aromatic heterocycles. The summed E-state index contributed by atoms with van der Waals surface area (Å²) >= 11 is 1.13. The van der Waals surface area contributed by atoms with E-state index in [9.17, 15) is 4.79 Å². The molecule has 0 aliphatic carbocycles. The van der Waals surface area contributed by atoms with Gasteiger partial charge in [0.25, 0.3) is 0 Å². The summed E-state index contributed by atoms with van der Waals surface area (Å²) in [5, 5.41) is 3.48. The van der Waals surface area contributed by atoms with Crippen molar-refractivity contribution < 1.29 is 4.79 Å². The molecule has 4 nitrogen and oxygen atoms in total. The van der Waals surface area contributed by atoms with E-state index < -0.39 is 6.04 Å². The maximum Gasteiger partial charge on any atom is 0.202 e. The lowest BCUT2D eigenvalue weighted by Crippen LogP contribution is -2.16. The number of carbonyl (C=O) groups is 1. The molecule has 1 rings (SSSR count). The molecule has 0 radical (unpaired) electrons. The van der Waals surface area contributed by atoms with Gasteiger partial charge in [0.15, 0.2) is 0 Å². The fraction of sp³-hybridized carbons (Fsp3) is 0.417. The minimum Gasteiger partial charge on any atom is -0.286 e. The minimum absolute atomic E-state index is 0.0947. The molecular formula is C12H15N3OS. The number of hydrogen-bond donors (Lipinski definition) is 0. The van der Waals surface area contributed by atoms with Crippen LogP contribution in [-0.4, -0.2) is 11.2 Å². The molecule has 0 amide bonds. The average Bonchev–Trinajstić information content (AvgIpc) is 2.29. The lowest BCUT2D eigenvalue weighted by molar-refractivity contribution is -0.112. The highest BCUT2D eigenvalue weighted by atomic mass is 32.2. The van der Waals surface area contributed by atoms with Gasteiger partial charge in [-0.3, -0.25) is 4.79 Å². The zero-order chi connectivity index (χ0) is 12.7. The normalized spacial score (nSPS) is 11.9. The van der Waals surface area contributed by atoms with Crippen molar-refractivity contribution in [1.82, 2.24) is 0 Å². The summed E-state index contributed by atoms with van der Waals surface area (Å²) in [6, 6.07) is 8.80. The third-order valence-electron chi connectivity index (χ3n) is 2.12. The molecule has 0 saturated carbocycles. The molecule has 0 aliphatic rings. The fourth-order valence-corrected chi connectivity index (χ4v) is 2.18. The Kier molecular flexibility index (Phi) is 5.60. The summed E-state index contributed by atoms with van der Waals surface area (Å²) < 4.78 is 0. The Balaban J connectivity index is 2.69. The van der Waals surface area contributed by atoms with Gasteiger partial charge in [0, 0.05) is 9.81 Å². The molecule has 0 N–H and O–H groups in total. The predicted octanol–water partition coefficient (Wildman–Crippen LogP) is 4.03. The Morgan fingerprint density at radius 1 is 1.41 bits per heavy atom. The molecule has 1 atom stereocenters. The van der Waals surface area contributed by atoms with Gasteiger partial charge in [-0.2, -0.15) is 0 Å². The first-order valence-electron chi connectivity index (χ1n) is 5.44. The third kappa shape index (κ3) is 4.93. The molecule has 1 aromatic carbocycles. The maximum absolute atomic E-state index is 11.9. The van der Waals surface area contributed by atoms with Crippen LogP contribution in [0.15, 0.2) is 40.3 Å². The van der Waals surface area contributed by atoms with Crippen LogP contribution < -0.4 is 0 Å². The van der Waals surface area contributed by atoms with Crippen molar-refractivity contribution in [2.75, 3.05) is 0 Å². The molecule has 90 valence electrons. The Morgan fingerprint density at radius 2 is 2.06 bits per heavy atom. The molecule has 1 aromatic rings. The molecule has 17 heavy (non-hydrogen) atoms. The number of azide groups is 1. The quantitative estimate of drug-likeness (QED) is 0.342. The molecule has 0 heterocycles. The summed E-state index contributed by atoms with van der Waals surface area (Å²) in [4.78, 5) is 15.6. The van der Waals surface area contributed by atoms with E-state index in [2.05, 4.69) is 10.0 Å². The van der Waals surface area contributed by atoms with E-state index in [0.717, 1.165) is 16.7 Å². The second-order valence-corrected chi connectivity index (χ2v) is 5.16. The van der Waals surface area contributed by atoms with E-state index in [1.165, 1.54) is 0 Å². The Labute approximate surface area is 105 Å². The van der Waals surface area contributed by atoms with Crippen LogP contribution in [0, 0.1) is 5.92 Å². The van der Waals surface area contributed by atoms with Crippen molar-refractivity contribution in [1.29, 1.82) is 0 Å². The Morgan fingerprint density at radius 3 is 2.59 bits per heavy atom. The average molecular weight is 249 g/mol. The first kappa shape index (κ1) is 13.6. The Hall–Kier alpha value is -1.45. The van der Waals surface area contributed by atoms with Crippen molar-refractivity contribution in [3.8, 4) is 0 Å². The van der Waals surface area contributed by atoms with Gasteiger partial charge in [-0.15, -0.1) is 0 Å². The molecule has 5 heteroatoms. The van der Waals surface area contributed by atoms with E-state index >= 15 is 0 Å². The van der Waals surface area contributed by atoms with Crippen LogP contribution in [0.1, 0.15) is 20.3 Å². The number of nitrogens with zero attached hydrogens (tertiary/aromatic N) is 3. The van der Waals surface area contributed by atoms with Gasteiger partial charge in [-0.1, -0.05) is 48.9 Å². The van der Waals surface area contributed by atoms with Gasteiger partial charge >= 0.3 is 0 Å². The Bertz CT molecular complexity index is 413. The number of thioether (sulfide) groups is 1. The molecule has 0 aliphatic heterocycles. The highest BCUT2D eigenvalue weighted by Gasteiger charge is 2.19. The maximum atomic E-state index is 11.9. The van der Waals surface area contributed by atoms with Gasteiger partial charge < -0.3 is 0 Å². The van der Waals surface area contributed by atoms with Gasteiger partial charge in [-0.25, -0.2) is 0 Å². The molecule has 0 spiro atoms. The van der Waals surface area contributed by atoms with Crippen LogP contribution in [0.25, 0.3) is 10.4 Å². The molecule has 0 fully saturated rings. The van der Waals surface area contributed by atoms with Crippen molar-refractivity contribution in [3.05, 3.63) is 40.8 Å². The van der Waals surface area contributed by atoms with Crippen molar-refractivity contribution in [2.24, 2.45) is 11.0 Å². The van der Waals surface area contributed by atoms with Crippen LogP contribution in [0.4, 0.5) is 0 Å². The smallest absolute Gasteiger partial charge is 0.202 e. The molecular weight excluding hydrogens is 234 g/mol. The van der Waals surface area contributed by atoms with E-state index in [1.54, 1.807) is 0 Å². The summed E-state index contributed by atoms with van der Waals surface area (Å²) in [6.45, 7) is 4.00. The summed E-state index contributed by atoms with van der Waals surface area (Å²) in [5.41, 5.74) is 8.46. The van der Waals surface area contributed by atoms with Gasteiger partial charge in [0.2, 0.25) is 5.12 Å². The lowest BCUT2D eigenvalue weighted by Gasteiger charge is -2.11. The highest BCUT2D eigenvalue weighted by molar-refractivity contribution is 8.13. The van der Waals surface area contributed by atoms with Crippen LogP contribution in [0.5, 0.6) is 0 Å². The van der Waals surface area contributed by atoms with Crippen LogP contribution in [0.2, 0.25) is 0 Å². The molecule has 0 unspecified atom stereocenters. The first-order valence-corrected chi connectivity index (χ1v) is 6.26. The summed E-state index contributed by atoms with van der Waals surface area (Å²) in [7, 11) is 0. The largest absolute Gasteiger partial charge is 0.286 e. The molecule has 0 bridgehead atoms. The van der Waals surface area contributed by atoms with Crippen molar-refractivity contribution >= 4 is 16.9 Å². The first-order chi connectivity index (χ1) is 8.13. The monoisotopic (exact) mass is 249 g/mol. The van der Waals surface area contributed by atoms with Crippen LogP contribution in [-0.2, 0) is 4.79 Å². The van der Waals surface area contributed by atoms with Crippen molar-refractivity contribution in [3.63, 3.8) is 0 Å². The number of rotatable bonds is 5. The number of benzene rings is 1. The van der Waals surface area contributed by atoms with Crippen LogP contribution >= 0.6 is 11.8 Å². The van der Waals surface area contributed by atoms with E-state index in [1.807, 2.05) is 44.2 Å². The zero-order valence-corrected chi connectivity index (χ0v) is 10.7. The standard InChI is InChI=1S/C12H15N3OS/c1-9(2)8-11(14-15-13)12(16)17-10-6-4-3-5-7-10/h3-7,9,11H,8H2,1-2H3/t11-/m0/s1. The van der Waals surface area contributed by atoms with Crippen molar-refractivity contribution in [2.45, 2.75) is 31.2 Å². The minimum atomic E-state index is -0.579. The molecule has 0 saturated heterocycles. The fourth-order valence-electron chi connectivity index (χ4n) is 1.37. The van der Waals surface area contributed by atoms with Crippen LogP contribution in [0.3, 0.4) is 0 Å². The van der Waals surface area contributed by atoms with E-state index in [0.29, 0.717) is 12.3 Å².